The van der Waals surface area contributed by atoms with Crippen molar-refractivity contribution in [1.82, 2.24) is 24.9 Å². The molecule has 0 fully saturated rings. The normalized spacial score (nSPS) is 13.4. The summed E-state index contributed by atoms with van der Waals surface area (Å²) in [6.07, 6.45) is -2.62. The van der Waals surface area contributed by atoms with Crippen LogP contribution in [-0.2, 0) is 20.6 Å². The van der Waals surface area contributed by atoms with E-state index >= 15 is 0 Å². The Balaban J connectivity index is 2.05. The second kappa shape index (κ2) is 8.11. The molecule has 2 aromatic rings. The highest BCUT2D eigenvalue weighted by molar-refractivity contribution is 5.31. The summed E-state index contributed by atoms with van der Waals surface area (Å²) in [7, 11) is 3.48. The zero-order chi connectivity index (χ0) is 19.5. The maximum Gasteiger partial charge on any atom is 0.422 e. The van der Waals surface area contributed by atoms with Gasteiger partial charge in [-0.2, -0.15) is 23.4 Å². The summed E-state index contributed by atoms with van der Waals surface area (Å²) in [6, 6.07) is 1.99. The van der Waals surface area contributed by atoms with Gasteiger partial charge in [0.15, 0.2) is 6.61 Å². The Labute approximate surface area is 151 Å². The van der Waals surface area contributed by atoms with Gasteiger partial charge in [0, 0.05) is 45.0 Å². The first kappa shape index (κ1) is 20.3. The molecule has 0 radical (unpaired) electrons. The van der Waals surface area contributed by atoms with Crippen LogP contribution in [0.2, 0.25) is 0 Å². The van der Waals surface area contributed by atoms with Crippen LogP contribution in [0.5, 0.6) is 5.88 Å². The first-order chi connectivity index (χ1) is 12.1. The fraction of sp³-hybridized carbons (Fsp3) is 0.647. The molecule has 146 valence electrons. The molecule has 1 N–H and O–H groups in total. The molecule has 2 heterocycles. The van der Waals surface area contributed by atoms with Crippen LogP contribution in [0.4, 0.5) is 13.2 Å². The van der Waals surface area contributed by atoms with Crippen molar-refractivity contribution >= 4 is 0 Å². The van der Waals surface area contributed by atoms with Gasteiger partial charge in [-0.25, -0.2) is 4.68 Å². The van der Waals surface area contributed by atoms with Gasteiger partial charge in [-0.1, -0.05) is 13.8 Å². The zero-order valence-corrected chi connectivity index (χ0v) is 15.8. The Bertz CT molecular complexity index is 721. The third-order valence-electron chi connectivity index (χ3n) is 4.37. The lowest BCUT2D eigenvalue weighted by Gasteiger charge is -2.22. The number of rotatable bonds is 8. The Kier molecular flexibility index (Phi) is 6.33. The van der Waals surface area contributed by atoms with Crippen LogP contribution in [-0.4, -0.2) is 38.9 Å². The first-order valence-electron chi connectivity index (χ1n) is 8.50. The summed E-state index contributed by atoms with van der Waals surface area (Å²) in [5.74, 6) is 0.766. The first-order valence-corrected chi connectivity index (χ1v) is 8.50. The molecule has 0 saturated heterocycles. The highest BCUT2D eigenvalue weighted by Crippen LogP contribution is 2.26. The van der Waals surface area contributed by atoms with Gasteiger partial charge in [0.1, 0.15) is 0 Å². The van der Waals surface area contributed by atoms with Crippen LogP contribution in [0, 0.1) is 12.8 Å². The number of aryl methyl sites for hydroxylation is 3. The molecule has 0 bridgehead atoms. The maximum absolute atomic E-state index is 12.5. The van der Waals surface area contributed by atoms with Gasteiger partial charge >= 0.3 is 6.18 Å². The van der Waals surface area contributed by atoms with Gasteiger partial charge in [-0.15, -0.1) is 0 Å². The average Bonchev–Trinajstić information content (AvgIpc) is 3.04. The molecule has 0 aromatic carbocycles. The molecule has 1 unspecified atom stereocenters. The number of aromatic nitrogens is 4. The van der Waals surface area contributed by atoms with Crippen molar-refractivity contribution in [2.75, 3.05) is 13.2 Å². The van der Waals surface area contributed by atoms with Crippen molar-refractivity contribution in [1.29, 1.82) is 0 Å². The zero-order valence-electron chi connectivity index (χ0n) is 15.8. The molecule has 2 aromatic heterocycles. The molecule has 0 amide bonds. The number of nitrogens with zero attached hydrogens (tertiary/aromatic N) is 4. The monoisotopic (exact) mass is 373 g/mol. The van der Waals surface area contributed by atoms with Crippen LogP contribution in [0.1, 0.15) is 36.7 Å². The van der Waals surface area contributed by atoms with Crippen molar-refractivity contribution < 1.29 is 17.9 Å². The van der Waals surface area contributed by atoms with E-state index in [0.29, 0.717) is 30.3 Å². The van der Waals surface area contributed by atoms with Crippen LogP contribution in [0.3, 0.4) is 0 Å². The summed E-state index contributed by atoms with van der Waals surface area (Å²) >= 11 is 0. The highest BCUT2D eigenvalue weighted by Gasteiger charge is 2.30. The molecule has 0 spiro atoms. The fourth-order valence-corrected chi connectivity index (χ4v) is 3.00. The van der Waals surface area contributed by atoms with Crippen molar-refractivity contribution in [3.8, 4) is 5.88 Å². The van der Waals surface area contributed by atoms with Crippen LogP contribution < -0.4 is 10.1 Å². The molecule has 26 heavy (non-hydrogen) atoms. The molecule has 2 rings (SSSR count). The standard InChI is InChI=1S/C17H26F3N5O/c1-11(2)13(15-6-7-22-24(15)4)8-21-9-14-12(3)23-25(5)16(14)26-10-17(18,19)20/h6-7,11,13,21H,8-10H2,1-5H3. The number of hydrogen-bond donors (Lipinski definition) is 1. The van der Waals surface area contributed by atoms with E-state index in [1.165, 1.54) is 4.68 Å². The van der Waals surface area contributed by atoms with Gasteiger partial charge in [0.05, 0.1) is 11.3 Å². The average molecular weight is 373 g/mol. The molecule has 9 heteroatoms. The molecular formula is C17H26F3N5O. The van der Waals surface area contributed by atoms with E-state index < -0.39 is 12.8 Å². The predicted octanol–water partition coefficient (Wildman–Crippen LogP) is 2.93. The fourth-order valence-electron chi connectivity index (χ4n) is 3.00. The summed E-state index contributed by atoms with van der Waals surface area (Å²) in [5.41, 5.74) is 2.41. The van der Waals surface area contributed by atoms with Crippen molar-refractivity contribution in [3.05, 3.63) is 29.2 Å². The van der Waals surface area contributed by atoms with E-state index in [1.807, 2.05) is 17.8 Å². The summed E-state index contributed by atoms with van der Waals surface area (Å²) in [6.45, 7) is 5.75. The molecule has 6 nitrogen and oxygen atoms in total. The lowest BCUT2D eigenvalue weighted by molar-refractivity contribution is -0.154. The van der Waals surface area contributed by atoms with Crippen molar-refractivity contribution in [3.63, 3.8) is 0 Å². The lowest BCUT2D eigenvalue weighted by Crippen LogP contribution is -2.26. The van der Waals surface area contributed by atoms with Crippen LogP contribution >= 0.6 is 0 Å². The Morgan fingerprint density at radius 3 is 2.46 bits per heavy atom. The number of halogens is 3. The van der Waals surface area contributed by atoms with Gasteiger partial charge in [-0.3, -0.25) is 4.68 Å². The second-order valence-electron chi connectivity index (χ2n) is 6.76. The summed E-state index contributed by atoms with van der Waals surface area (Å²) in [5, 5.41) is 11.7. The molecule has 1 atom stereocenters. The van der Waals surface area contributed by atoms with Gasteiger partial charge < -0.3 is 10.1 Å². The smallest absolute Gasteiger partial charge is 0.422 e. The quantitative estimate of drug-likeness (QED) is 0.773. The van der Waals surface area contributed by atoms with E-state index in [1.54, 1.807) is 20.2 Å². The van der Waals surface area contributed by atoms with Crippen molar-refractivity contribution in [2.45, 2.75) is 39.4 Å². The Morgan fingerprint density at radius 2 is 1.92 bits per heavy atom. The van der Waals surface area contributed by atoms with Crippen LogP contribution in [0.25, 0.3) is 0 Å². The minimum atomic E-state index is -4.38. The highest BCUT2D eigenvalue weighted by atomic mass is 19.4. The molecule has 0 aliphatic carbocycles. The minimum absolute atomic E-state index is 0.147. The van der Waals surface area contributed by atoms with E-state index in [-0.39, 0.29) is 11.8 Å². The summed E-state index contributed by atoms with van der Waals surface area (Å²) < 4.78 is 45.6. The second-order valence-corrected chi connectivity index (χ2v) is 6.76. The number of nitrogens with one attached hydrogen (secondary N) is 1. The van der Waals surface area contributed by atoms with Crippen molar-refractivity contribution in [2.24, 2.45) is 20.0 Å². The third kappa shape index (κ3) is 5.00. The SMILES string of the molecule is Cc1nn(C)c(OCC(F)(F)F)c1CNCC(c1ccnn1C)C(C)C. The molecule has 0 aliphatic heterocycles. The minimum Gasteiger partial charge on any atom is -0.468 e. The Hall–Kier alpha value is -2.03. The van der Waals surface area contributed by atoms with Gasteiger partial charge in [0.25, 0.3) is 0 Å². The Morgan fingerprint density at radius 1 is 1.23 bits per heavy atom. The third-order valence-corrected chi connectivity index (χ3v) is 4.37. The molecular weight excluding hydrogens is 347 g/mol. The largest absolute Gasteiger partial charge is 0.468 e. The molecule has 0 saturated carbocycles. The van der Waals surface area contributed by atoms with Gasteiger partial charge in [0.2, 0.25) is 5.88 Å². The summed E-state index contributed by atoms with van der Waals surface area (Å²) in [4.78, 5) is 0. The van der Waals surface area contributed by atoms with E-state index in [4.69, 9.17) is 4.74 Å². The number of hydrogen-bond acceptors (Lipinski definition) is 4. The van der Waals surface area contributed by atoms with Gasteiger partial charge in [-0.05, 0) is 18.9 Å². The van der Waals surface area contributed by atoms with E-state index in [9.17, 15) is 13.2 Å². The topological polar surface area (TPSA) is 56.9 Å². The number of alkyl halides is 3. The number of ether oxygens (including phenoxy) is 1. The molecule has 0 aliphatic rings. The van der Waals surface area contributed by atoms with E-state index in [2.05, 4.69) is 29.4 Å². The van der Waals surface area contributed by atoms with E-state index in [0.717, 1.165) is 5.69 Å². The maximum atomic E-state index is 12.5. The lowest BCUT2D eigenvalue weighted by atomic mass is 9.92. The predicted molar refractivity (Wildman–Crippen MR) is 92.0 cm³/mol. The van der Waals surface area contributed by atoms with Crippen LogP contribution in [0.15, 0.2) is 12.3 Å².